The van der Waals surface area contributed by atoms with Gasteiger partial charge in [0.15, 0.2) is 5.82 Å². The highest BCUT2D eigenvalue weighted by Crippen LogP contribution is 2.43. The number of amides is 1. The molecule has 0 unspecified atom stereocenters. The van der Waals surface area contributed by atoms with Crippen molar-refractivity contribution in [2.45, 2.75) is 25.7 Å². The van der Waals surface area contributed by atoms with Crippen molar-refractivity contribution in [2.75, 3.05) is 11.9 Å². The van der Waals surface area contributed by atoms with E-state index in [2.05, 4.69) is 15.4 Å². The quantitative estimate of drug-likeness (QED) is 0.876. The molecule has 0 aliphatic heterocycles. The SMILES string of the molecule is NCC1(CC(=O)Nc2cccnc2-n2cccn2)CCC1. The number of rotatable bonds is 5. The van der Waals surface area contributed by atoms with Gasteiger partial charge in [0.1, 0.15) is 0 Å². The number of carbonyl (C=O) groups excluding carboxylic acids is 1. The van der Waals surface area contributed by atoms with E-state index >= 15 is 0 Å². The third-order valence-electron chi connectivity index (χ3n) is 4.16. The first-order valence-electron chi connectivity index (χ1n) is 7.17. The molecular formula is C15H19N5O. The molecule has 0 saturated heterocycles. The summed E-state index contributed by atoms with van der Waals surface area (Å²) in [4.78, 5) is 16.6. The summed E-state index contributed by atoms with van der Waals surface area (Å²) in [7, 11) is 0. The van der Waals surface area contributed by atoms with E-state index in [0.717, 1.165) is 19.3 Å². The molecule has 1 aliphatic rings. The van der Waals surface area contributed by atoms with Gasteiger partial charge < -0.3 is 11.1 Å². The van der Waals surface area contributed by atoms with E-state index in [0.29, 0.717) is 24.5 Å². The maximum absolute atomic E-state index is 12.3. The molecule has 2 aromatic rings. The Hall–Kier alpha value is -2.21. The zero-order chi connectivity index (χ0) is 14.7. The molecule has 2 heterocycles. The summed E-state index contributed by atoms with van der Waals surface area (Å²) in [5.74, 6) is 0.604. The summed E-state index contributed by atoms with van der Waals surface area (Å²) in [6.45, 7) is 0.569. The lowest BCUT2D eigenvalue weighted by molar-refractivity contribution is -0.119. The topological polar surface area (TPSA) is 85.8 Å². The van der Waals surface area contributed by atoms with Gasteiger partial charge >= 0.3 is 0 Å². The molecule has 0 atom stereocenters. The average Bonchev–Trinajstić information content (AvgIpc) is 2.97. The van der Waals surface area contributed by atoms with Crippen LogP contribution >= 0.6 is 0 Å². The van der Waals surface area contributed by atoms with Crippen LogP contribution in [-0.2, 0) is 4.79 Å². The molecule has 21 heavy (non-hydrogen) atoms. The summed E-state index contributed by atoms with van der Waals surface area (Å²) in [6, 6.07) is 5.44. The highest BCUT2D eigenvalue weighted by atomic mass is 16.1. The fourth-order valence-electron chi connectivity index (χ4n) is 2.74. The Kier molecular flexibility index (Phi) is 3.70. The lowest BCUT2D eigenvalue weighted by Gasteiger charge is -2.40. The second-order valence-electron chi connectivity index (χ2n) is 5.61. The second-order valence-corrected chi connectivity index (χ2v) is 5.61. The Morgan fingerprint density at radius 2 is 2.24 bits per heavy atom. The lowest BCUT2D eigenvalue weighted by atomic mass is 9.66. The van der Waals surface area contributed by atoms with Crippen LogP contribution in [0.5, 0.6) is 0 Å². The van der Waals surface area contributed by atoms with Gasteiger partial charge in [-0.15, -0.1) is 0 Å². The zero-order valence-corrected chi connectivity index (χ0v) is 11.8. The summed E-state index contributed by atoms with van der Waals surface area (Å²) in [6.07, 6.45) is 8.86. The van der Waals surface area contributed by atoms with Crippen molar-refractivity contribution in [3.05, 3.63) is 36.8 Å². The maximum Gasteiger partial charge on any atom is 0.225 e. The fourth-order valence-corrected chi connectivity index (χ4v) is 2.74. The van der Waals surface area contributed by atoms with E-state index in [1.54, 1.807) is 29.3 Å². The predicted octanol–water partition coefficient (Wildman–Crippen LogP) is 1.72. The van der Waals surface area contributed by atoms with E-state index in [1.165, 1.54) is 0 Å². The Labute approximate surface area is 123 Å². The molecule has 1 aliphatic carbocycles. The molecule has 3 rings (SSSR count). The van der Waals surface area contributed by atoms with Crippen LogP contribution in [-0.4, -0.2) is 27.2 Å². The molecule has 0 spiro atoms. The van der Waals surface area contributed by atoms with E-state index in [-0.39, 0.29) is 11.3 Å². The van der Waals surface area contributed by atoms with Crippen LogP contribution in [0.15, 0.2) is 36.8 Å². The van der Waals surface area contributed by atoms with Gasteiger partial charge in [-0.3, -0.25) is 4.79 Å². The Morgan fingerprint density at radius 1 is 1.38 bits per heavy atom. The van der Waals surface area contributed by atoms with Gasteiger partial charge in [-0.1, -0.05) is 6.42 Å². The molecule has 3 N–H and O–H groups in total. The lowest BCUT2D eigenvalue weighted by Crippen LogP contribution is -2.40. The van der Waals surface area contributed by atoms with Crippen LogP contribution < -0.4 is 11.1 Å². The van der Waals surface area contributed by atoms with E-state index in [4.69, 9.17) is 5.73 Å². The van der Waals surface area contributed by atoms with Crippen LogP contribution in [0.1, 0.15) is 25.7 Å². The van der Waals surface area contributed by atoms with Crippen molar-refractivity contribution >= 4 is 11.6 Å². The molecule has 1 fully saturated rings. The molecule has 110 valence electrons. The van der Waals surface area contributed by atoms with Gasteiger partial charge in [0.25, 0.3) is 0 Å². The number of hydrogen-bond acceptors (Lipinski definition) is 4. The molecule has 6 nitrogen and oxygen atoms in total. The van der Waals surface area contributed by atoms with Crippen LogP contribution in [0.3, 0.4) is 0 Å². The van der Waals surface area contributed by atoms with Gasteiger partial charge in [-0.05, 0) is 43.0 Å². The number of nitrogens with two attached hydrogens (primary N) is 1. The number of aromatic nitrogens is 3. The first-order valence-corrected chi connectivity index (χ1v) is 7.17. The Balaban J connectivity index is 1.75. The normalized spacial score (nSPS) is 16.2. The fraction of sp³-hybridized carbons (Fsp3) is 0.400. The molecule has 1 amide bonds. The van der Waals surface area contributed by atoms with Gasteiger partial charge in [0.05, 0.1) is 5.69 Å². The molecule has 0 aromatic carbocycles. The minimum atomic E-state index is -0.0124. The highest BCUT2D eigenvalue weighted by molar-refractivity contribution is 5.92. The average molecular weight is 285 g/mol. The predicted molar refractivity (Wildman–Crippen MR) is 79.9 cm³/mol. The number of pyridine rings is 1. The molecule has 6 heteroatoms. The number of carbonyl (C=O) groups is 1. The zero-order valence-electron chi connectivity index (χ0n) is 11.8. The first kappa shape index (κ1) is 13.8. The van der Waals surface area contributed by atoms with E-state index in [1.807, 2.05) is 12.1 Å². The molecule has 0 radical (unpaired) electrons. The number of anilines is 1. The molecular weight excluding hydrogens is 266 g/mol. The van der Waals surface area contributed by atoms with Crippen molar-refractivity contribution in [3.63, 3.8) is 0 Å². The van der Waals surface area contributed by atoms with Crippen LogP contribution in [0, 0.1) is 5.41 Å². The van der Waals surface area contributed by atoms with Gasteiger partial charge in [-0.25, -0.2) is 9.67 Å². The minimum Gasteiger partial charge on any atom is -0.330 e. The second kappa shape index (κ2) is 5.65. The summed E-state index contributed by atoms with van der Waals surface area (Å²) < 4.78 is 1.64. The van der Waals surface area contributed by atoms with Crippen molar-refractivity contribution in [2.24, 2.45) is 11.1 Å². The minimum absolute atomic E-state index is 0.00183. The smallest absolute Gasteiger partial charge is 0.225 e. The third kappa shape index (κ3) is 2.80. The van der Waals surface area contributed by atoms with Gasteiger partial charge in [0.2, 0.25) is 5.91 Å². The summed E-state index contributed by atoms with van der Waals surface area (Å²) in [5.41, 5.74) is 6.47. The Morgan fingerprint density at radius 3 is 2.86 bits per heavy atom. The largest absolute Gasteiger partial charge is 0.330 e. The Bertz CT molecular complexity index is 613. The monoisotopic (exact) mass is 285 g/mol. The van der Waals surface area contributed by atoms with Crippen LogP contribution in [0.4, 0.5) is 5.69 Å². The van der Waals surface area contributed by atoms with Crippen LogP contribution in [0.25, 0.3) is 5.82 Å². The maximum atomic E-state index is 12.3. The summed E-state index contributed by atoms with van der Waals surface area (Å²) in [5, 5.41) is 7.09. The molecule has 1 saturated carbocycles. The van der Waals surface area contributed by atoms with Crippen molar-refractivity contribution < 1.29 is 4.79 Å². The number of hydrogen-bond donors (Lipinski definition) is 2. The molecule has 0 bridgehead atoms. The van der Waals surface area contributed by atoms with E-state index in [9.17, 15) is 4.79 Å². The highest BCUT2D eigenvalue weighted by Gasteiger charge is 2.37. The molecule has 2 aromatic heterocycles. The summed E-state index contributed by atoms with van der Waals surface area (Å²) >= 11 is 0. The van der Waals surface area contributed by atoms with Crippen molar-refractivity contribution in [3.8, 4) is 5.82 Å². The third-order valence-corrected chi connectivity index (χ3v) is 4.16. The van der Waals surface area contributed by atoms with Crippen molar-refractivity contribution in [1.82, 2.24) is 14.8 Å². The van der Waals surface area contributed by atoms with Crippen LogP contribution in [0.2, 0.25) is 0 Å². The number of nitrogens with zero attached hydrogens (tertiary/aromatic N) is 3. The van der Waals surface area contributed by atoms with Gasteiger partial charge in [-0.2, -0.15) is 5.10 Å². The first-order chi connectivity index (χ1) is 10.2. The van der Waals surface area contributed by atoms with Crippen molar-refractivity contribution in [1.29, 1.82) is 0 Å². The van der Waals surface area contributed by atoms with E-state index < -0.39 is 0 Å². The number of nitrogens with one attached hydrogen (secondary N) is 1. The standard InChI is InChI=1S/C15H19N5O/c16-11-15(5-2-6-15)10-13(21)19-12-4-1-7-17-14(12)20-9-3-8-18-20/h1,3-4,7-9H,2,5-6,10-11,16H2,(H,19,21). The van der Waals surface area contributed by atoms with Gasteiger partial charge in [0, 0.05) is 25.0 Å².